The lowest BCUT2D eigenvalue weighted by atomic mass is 10.1. The molecule has 0 radical (unpaired) electrons. The van der Waals surface area contributed by atoms with Gasteiger partial charge < -0.3 is 9.84 Å². The van der Waals surface area contributed by atoms with Gasteiger partial charge in [0.05, 0.1) is 12.2 Å². The van der Waals surface area contributed by atoms with Gasteiger partial charge in [-0.2, -0.15) is 17.7 Å². The third kappa shape index (κ3) is 5.44. The Labute approximate surface area is 179 Å². The lowest BCUT2D eigenvalue weighted by Crippen LogP contribution is -2.45. The molecule has 0 spiro atoms. The van der Waals surface area contributed by atoms with Crippen molar-refractivity contribution in [1.29, 1.82) is 0 Å². The highest BCUT2D eigenvalue weighted by molar-refractivity contribution is 7.90. The van der Waals surface area contributed by atoms with E-state index >= 15 is 0 Å². The van der Waals surface area contributed by atoms with Gasteiger partial charge in [0.1, 0.15) is 12.4 Å². The predicted octanol–water partition coefficient (Wildman–Crippen LogP) is 2.11. The topological polar surface area (TPSA) is 109 Å². The fourth-order valence-corrected chi connectivity index (χ4v) is 3.68. The molecule has 11 heteroatoms. The van der Waals surface area contributed by atoms with Crippen LogP contribution in [0.5, 0.6) is 0 Å². The Hall–Kier alpha value is -3.31. The first-order valence-electron chi connectivity index (χ1n) is 9.29. The molecular formula is C20H22FN5O4S. The Balaban J connectivity index is 1.69. The average Bonchev–Trinajstić information content (AvgIpc) is 3.20. The van der Waals surface area contributed by atoms with E-state index in [-0.39, 0.29) is 18.1 Å². The van der Waals surface area contributed by atoms with Gasteiger partial charge in [0.15, 0.2) is 0 Å². The zero-order chi connectivity index (χ0) is 22.6. The highest BCUT2D eigenvalue weighted by Crippen LogP contribution is 2.20. The molecule has 3 aromatic rings. The van der Waals surface area contributed by atoms with E-state index in [0.29, 0.717) is 5.82 Å². The van der Waals surface area contributed by atoms with E-state index in [1.54, 1.807) is 0 Å². The fourth-order valence-electron chi connectivity index (χ4n) is 2.62. The second kappa shape index (κ2) is 9.23. The van der Waals surface area contributed by atoms with Crippen LogP contribution in [0.1, 0.15) is 11.5 Å². The van der Waals surface area contributed by atoms with E-state index in [1.165, 1.54) is 26.2 Å². The second-order valence-corrected chi connectivity index (χ2v) is 8.99. The number of halogens is 1. The van der Waals surface area contributed by atoms with E-state index in [9.17, 15) is 17.6 Å². The molecule has 0 fully saturated rings. The first-order chi connectivity index (χ1) is 14.7. The van der Waals surface area contributed by atoms with Crippen molar-refractivity contribution in [3.8, 4) is 11.4 Å². The van der Waals surface area contributed by atoms with Gasteiger partial charge >= 0.3 is 10.2 Å². The quantitative estimate of drug-likeness (QED) is 0.567. The molecule has 0 atom stereocenters. The van der Waals surface area contributed by atoms with Gasteiger partial charge in [0.25, 0.3) is 0 Å². The number of aryl methyl sites for hydroxylation is 1. The van der Waals surface area contributed by atoms with Crippen LogP contribution >= 0.6 is 0 Å². The molecule has 2 aromatic carbocycles. The van der Waals surface area contributed by atoms with Crippen LogP contribution in [0.25, 0.3) is 11.4 Å². The van der Waals surface area contributed by atoms with Crippen LogP contribution in [-0.4, -0.2) is 49.4 Å². The first-order valence-corrected chi connectivity index (χ1v) is 10.7. The standard InChI is InChI=1S/C20H22FN5O4S/c1-14-4-6-15(7-5-14)20-23-19(30-24-20)12-22-18(27)13-26(31(28,29)25(2)3)17-10-8-16(21)9-11-17/h4-11H,12-13H2,1-3H3,(H,22,27). The Morgan fingerprint density at radius 3 is 2.35 bits per heavy atom. The number of carbonyl (C=O) groups is 1. The summed E-state index contributed by atoms with van der Waals surface area (Å²) in [6.45, 7) is 1.38. The van der Waals surface area contributed by atoms with Crippen LogP contribution in [0, 0.1) is 12.7 Å². The molecule has 0 aliphatic rings. The Kier molecular flexibility index (Phi) is 6.66. The molecule has 164 valence electrons. The van der Waals surface area contributed by atoms with Crippen molar-refractivity contribution in [3.05, 3.63) is 65.8 Å². The minimum absolute atomic E-state index is 0.0725. The number of rotatable bonds is 8. The maximum absolute atomic E-state index is 13.2. The summed E-state index contributed by atoms with van der Waals surface area (Å²) in [6, 6.07) is 12.4. The number of nitrogens with zero attached hydrogens (tertiary/aromatic N) is 4. The number of carbonyl (C=O) groups excluding carboxylic acids is 1. The number of aromatic nitrogens is 2. The summed E-state index contributed by atoms with van der Waals surface area (Å²) in [7, 11) is -1.30. The number of hydrogen-bond acceptors (Lipinski definition) is 6. The number of hydrogen-bond donors (Lipinski definition) is 1. The molecule has 0 bridgehead atoms. The SMILES string of the molecule is Cc1ccc(-c2noc(CNC(=O)CN(c3ccc(F)cc3)S(=O)(=O)N(C)C)n2)cc1. The Bertz CT molecular complexity index is 1150. The maximum Gasteiger partial charge on any atom is 0.304 e. The van der Waals surface area contributed by atoms with Gasteiger partial charge in [0, 0.05) is 19.7 Å². The molecule has 1 heterocycles. The van der Waals surface area contributed by atoms with Crippen LogP contribution in [0.2, 0.25) is 0 Å². The molecule has 1 aromatic heterocycles. The van der Waals surface area contributed by atoms with Crippen LogP contribution in [0.4, 0.5) is 10.1 Å². The van der Waals surface area contributed by atoms with Crippen molar-refractivity contribution in [2.75, 3.05) is 24.9 Å². The lowest BCUT2D eigenvalue weighted by molar-refractivity contribution is -0.119. The number of benzene rings is 2. The van der Waals surface area contributed by atoms with E-state index in [2.05, 4.69) is 15.5 Å². The van der Waals surface area contributed by atoms with Crippen LogP contribution in [0.15, 0.2) is 53.1 Å². The predicted molar refractivity (Wildman–Crippen MR) is 113 cm³/mol. The molecule has 0 saturated heterocycles. The highest BCUT2D eigenvalue weighted by atomic mass is 32.2. The fraction of sp³-hybridized carbons (Fsp3) is 0.250. The van der Waals surface area contributed by atoms with E-state index in [4.69, 9.17) is 4.52 Å². The second-order valence-electron chi connectivity index (χ2n) is 6.93. The highest BCUT2D eigenvalue weighted by Gasteiger charge is 2.27. The summed E-state index contributed by atoms with van der Waals surface area (Å²) in [5, 5.41) is 6.45. The van der Waals surface area contributed by atoms with Crippen molar-refractivity contribution in [2.24, 2.45) is 0 Å². The van der Waals surface area contributed by atoms with Crippen molar-refractivity contribution in [2.45, 2.75) is 13.5 Å². The van der Waals surface area contributed by atoms with Crippen molar-refractivity contribution >= 4 is 21.8 Å². The van der Waals surface area contributed by atoms with E-state index in [0.717, 1.165) is 31.9 Å². The lowest BCUT2D eigenvalue weighted by Gasteiger charge is -2.26. The van der Waals surface area contributed by atoms with Gasteiger partial charge in [-0.05, 0) is 31.2 Å². The molecular weight excluding hydrogens is 425 g/mol. The molecule has 9 nitrogen and oxygen atoms in total. The summed E-state index contributed by atoms with van der Waals surface area (Å²) in [6.07, 6.45) is 0. The van der Waals surface area contributed by atoms with Crippen LogP contribution in [-0.2, 0) is 21.5 Å². The van der Waals surface area contributed by atoms with Gasteiger partial charge in [-0.3, -0.25) is 4.79 Å². The average molecular weight is 447 g/mol. The van der Waals surface area contributed by atoms with Gasteiger partial charge in [-0.25, -0.2) is 8.70 Å². The molecule has 3 rings (SSSR count). The largest absolute Gasteiger partial charge is 0.345 e. The van der Waals surface area contributed by atoms with Crippen LogP contribution < -0.4 is 9.62 Å². The van der Waals surface area contributed by atoms with Crippen molar-refractivity contribution < 1.29 is 22.1 Å². The molecule has 1 amide bonds. The molecule has 0 saturated carbocycles. The first kappa shape index (κ1) is 22.4. The van der Waals surface area contributed by atoms with Crippen molar-refractivity contribution in [1.82, 2.24) is 19.8 Å². The van der Waals surface area contributed by atoms with Gasteiger partial charge in [-0.15, -0.1) is 0 Å². The summed E-state index contributed by atoms with van der Waals surface area (Å²) < 4.78 is 45.5. The molecule has 0 unspecified atom stereocenters. The summed E-state index contributed by atoms with van der Waals surface area (Å²) in [4.78, 5) is 16.7. The minimum atomic E-state index is -3.99. The van der Waals surface area contributed by atoms with E-state index in [1.807, 2.05) is 31.2 Å². The third-order valence-electron chi connectivity index (χ3n) is 4.36. The van der Waals surface area contributed by atoms with E-state index < -0.39 is 28.5 Å². The zero-order valence-corrected chi connectivity index (χ0v) is 18.1. The number of amides is 1. The van der Waals surface area contributed by atoms with Gasteiger partial charge in [-0.1, -0.05) is 35.0 Å². The Morgan fingerprint density at radius 1 is 1.10 bits per heavy atom. The summed E-state index contributed by atoms with van der Waals surface area (Å²) in [5.41, 5.74) is 2.02. The number of anilines is 1. The molecule has 0 aliphatic carbocycles. The molecule has 1 N–H and O–H groups in total. The normalized spacial score (nSPS) is 11.5. The molecule has 0 aliphatic heterocycles. The smallest absolute Gasteiger partial charge is 0.304 e. The van der Waals surface area contributed by atoms with Gasteiger partial charge in [0.2, 0.25) is 17.6 Å². The summed E-state index contributed by atoms with van der Waals surface area (Å²) >= 11 is 0. The van der Waals surface area contributed by atoms with Crippen LogP contribution in [0.3, 0.4) is 0 Å². The zero-order valence-electron chi connectivity index (χ0n) is 17.2. The Morgan fingerprint density at radius 2 is 1.74 bits per heavy atom. The van der Waals surface area contributed by atoms with Crippen molar-refractivity contribution in [3.63, 3.8) is 0 Å². The third-order valence-corrected chi connectivity index (χ3v) is 6.18. The number of nitrogens with one attached hydrogen (secondary N) is 1. The summed E-state index contributed by atoms with van der Waals surface area (Å²) in [5.74, 6) is -0.555. The monoisotopic (exact) mass is 447 g/mol. The maximum atomic E-state index is 13.2. The minimum Gasteiger partial charge on any atom is -0.345 e. The molecule has 31 heavy (non-hydrogen) atoms.